The Kier molecular flexibility index (Phi) is 4.95. The topological polar surface area (TPSA) is 39.5 Å². The molecule has 3 aromatic carbocycles. The van der Waals surface area contributed by atoms with Crippen molar-refractivity contribution < 1.29 is 4.74 Å². The fourth-order valence-electron chi connectivity index (χ4n) is 3.79. The smallest absolute Gasteiger partial charge is 0.119 e. The van der Waals surface area contributed by atoms with E-state index in [1.165, 1.54) is 16.6 Å². The zero-order chi connectivity index (χ0) is 18.6. The van der Waals surface area contributed by atoms with Crippen molar-refractivity contribution in [2.45, 2.75) is 6.54 Å². The Balaban J connectivity index is 1.45. The minimum Gasteiger partial charge on any atom is -0.497 e. The monoisotopic (exact) mass is 357 g/mol. The number of piperazine rings is 1. The summed E-state index contributed by atoms with van der Waals surface area (Å²) in [5.41, 5.74) is 3.29. The minimum absolute atomic E-state index is 0.749. The van der Waals surface area contributed by atoms with Crippen molar-refractivity contribution in [1.29, 1.82) is 5.26 Å². The maximum absolute atomic E-state index is 9.34. The maximum atomic E-state index is 9.34. The van der Waals surface area contributed by atoms with E-state index < -0.39 is 0 Å². The lowest BCUT2D eigenvalue weighted by Crippen LogP contribution is -2.45. The van der Waals surface area contributed by atoms with Gasteiger partial charge in [0.15, 0.2) is 0 Å². The number of ether oxygens (including phenoxy) is 1. The van der Waals surface area contributed by atoms with Crippen LogP contribution in [0.3, 0.4) is 0 Å². The summed E-state index contributed by atoms with van der Waals surface area (Å²) in [6.07, 6.45) is 0. The molecule has 1 fully saturated rings. The average molecular weight is 357 g/mol. The summed E-state index contributed by atoms with van der Waals surface area (Å²) in [4.78, 5) is 4.92. The number of anilines is 1. The molecule has 27 heavy (non-hydrogen) atoms. The van der Waals surface area contributed by atoms with Crippen molar-refractivity contribution >= 4 is 16.5 Å². The molecule has 4 rings (SSSR count). The summed E-state index contributed by atoms with van der Waals surface area (Å²) in [6.45, 7) is 5.00. The van der Waals surface area contributed by atoms with Crippen molar-refractivity contribution in [2.75, 3.05) is 38.2 Å². The third-order valence-corrected chi connectivity index (χ3v) is 5.34. The number of methoxy groups -OCH3 is 1. The SMILES string of the molecule is COc1ccc(N2CCN(Cc3ccc(C#N)c4ccccc34)CC2)cc1. The number of nitriles is 1. The summed E-state index contributed by atoms with van der Waals surface area (Å²) in [6, 6.07) is 22.9. The number of fused-ring (bicyclic) bond motifs is 1. The zero-order valence-electron chi connectivity index (χ0n) is 15.6. The molecule has 0 bridgehead atoms. The highest BCUT2D eigenvalue weighted by Crippen LogP contribution is 2.25. The van der Waals surface area contributed by atoms with E-state index in [-0.39, 0.29) is 0 Å². The van der Waals surface area contributed by atoms with Gasteiger partial charge in [-0.05, 0) is 46.7 Å². The Labute approximate surface area is 160 Å². The van der Waals surface area contributed by atoms with Gasteiger partial charge in [0.2, 0.25) is 0 Å². The molecule has 1 saturated heterocycles. The van der Waals surface area contributed by atoms with Gasteiger partial charge in [-0.3, -0.25) is 4.90 Å². The van der Waals surface area contributed by atoms with E-state index in [0.29, 0.717) is 0 Å². The van der Waals surface area contributed by atoms with Gasteiger partial charge in [-0.2, -0.15) is 5.26 Å². The molecule has 136 valence electrons. The van der Waals surface area contributed by atoms with Crippen molar-refractivity contribution in [2.24, 2.45) is 0 Å². The van der Waals surface area contributed by atoms with Crippen molar-refractivity contribution in [3.8, 4) is 11.8 Å². The molecule has 1 heterocycles. The van der Waals surface area contributed by atoms with Gasteiger partial charge in [0.25, 0.3) is 0 Å². The van der Waals surface area contributed by atoms with Gasteiger partial charge in [0.05, 0.1) is 18.7 Å². The second kappa shape index (κ2) is 7.69. The Bertz CT molecular complexity index is 967. The number of rotatable bonds is 4. The minimum atomic E-state index is 0.749. The Morgan fingerprint density at radius 2 is 1.59 bits per heavy atom. The molecular formula is C23H23N3O. The van der Waals surface area contributed by atoms with Gasteiger partial charge in [0, 0.05) is 38.4 Å². The van der Waals surface area contributed by atoms with Gasteiger partial charge >= 0.3 is 0 Å². The summed E-state index contributed by atoms with van der Waals surface area (Å²) >= 11 is 0. The molecule has 1 aliphatic heterocycles. The predicted octanol–water partition coefficient (Wildman–Crippen LogP) is 4.04. The largest absolute Gasteiger partial charge is 0.497 e. The molecule has 0 amide bonds. The second-order valence-electron chi connectivity index (χ2n) is 6.89. The second-order valence-corrected chi connectivity index (χ2v) is 6.89. The van der Waals surface area contributed by atoms with Gasteiger partial charge in [0.1, 0.15) is 5.75 Å². The summed E-state index contributed by atoms with van der Waals surface area (Å²) < 4.78 is 5.24. The highest BCUT2D eigenvalue weighted by Gasteiger charge is 2.18. The Morgan fingerprint density at radius 3 is 2.26 bits per heavy atom. The normalized spacial score (nSPS) is 14.9. The molecule has 0 spiro atoms. The standard InChI is InChI=1S/C23H23N3O/c1-27-21-10-8-20(9-11-21)26-14-12-25(13-15-26)17-19-7-6-18(16-24)22-4-2-3-5-23(19)22/h2-11H,12-15,17H2,1H3. The first-order valence-corrected chi connectivity index (χ1v) is 9.30. The molecule has 0 atom stereocenters. The first-order valence-electron chi connectivity index (χ1n) is 9.30. The maximum Gasteiger partial charge on any atom is 0.119 e. The summed E-state index contributed by atoms with van der Waals surface area (Å²) in [5, 5.41) is 11.6. The fourth-order valence-corrected chi connectivity index (χ4v) is 3.79. The molecule has 0 aliphatic carbocycles. The molecule has 0 radical (unpaired) electrons. The van der Waals surface area contributed by atoms with E-state index in [9.17, 15) is 5.26 Å². The molecule has 0 aromatic heterocycles. The summed E-state index contributed by atoms with van der Waals surface area (Å²) in [5.74, 6) is 0.894. The lowest BCUT2D eigenvalue weighted by Gasteiger charge is -2.36. The fraction of sp³-hybridized carbons (Fsp3) is 0.261. The Hall–Kier alpha value is -3.03. The number of nitrogens with zero attached hydrogens (tertiary/aromatic N) is 3. The molecule has 3 aromatic rings. The molecule has 1 aliphatic rings. The molecule has 4 nitrogen and oxygen atoms in total. The van der Waals surface area contributed by atoms with Crippen LogP contribution in [0.1, 0.15) is 11.1 Å². The van der Waals surface area contributed by atoms with Crippen molar-refractivity contribution in [3.63, 3.8) is 0 Å². The lowest BCUT2D eigenvalue weighted by molar-refractivity contribution is 0.250. The molecular weight excluding hydrogens is 334 g/mol. The van der Waals surface area contributed by atoms with Crippen LogP contribution in [-0.2, 0) is 6.54 Å². The van der Waals surface area contributed by atoms with Crippen LogP contribution in [-0.4, -0.2) is 38.2 Å². The molecule has 0 saturated carbocycles. The van der Waals surface area contributed by atoms with Crippen molar-refractivity contribution in [3.05, 3.63) is 71.8 Å². The van der Waals surface area contributed by atoms with Crippen LogP contribution in [0.5, 0.6) is 5.75 Å². The van der Waals surface area contributed by atoms with Crippen LogP contribution < -0.4 is 9.64 Å². The van der Waals surface area contributed by atoms with Gasteiger partial charge in [-0.15, -0.1) is 0 Å². The van der Waals surface area contributed by atoms with Crippen LogP contribution >= 0.6 is 0 Å². The van der Waals surface area contributed by atoms with E-state index in [1.807, 2.05) is 30.3 Å². The van der Waals surface area contributed by atoms with Gasteiger partial charge in [-0.1, -0.05) is 30.3 Å². The van der Waals surface area contributed by atoms with Crippen LogP contribution in [0, 0.1) is 11.3 Å². The highest BCUT2D eigenvalue weighted by atomic mass is 16.5. The van der Waals surface area contributed by atoms with Crippen LogP contribution in [0.15, 0.2) is 60.7 Å². The quantitative estimate of drug-likeness (QED) is 0.706. The molecule has 0 unspecified atom stereocenters. The van der Waals surface area contributed by atoms with Crippen LogP contribution in [0.25, 0.3) is 10.8 Å². The zero-order valence-corrected chi connectivity index (χ0v) is 15.6. The molecule has 4 heteroatoms. The first-order chi connectivity index (χ1) is 13.3. The molecule has 0 N–H and O–H groups in total. The van der Waals surface area contributed by atoms with E-state index >= 15 is 0 Å². The van der Waals surface area contributed by atoms with Crippen LogP contribution in [0.4, 0.5) is 5.69 Å². The predicted molar refractivity (Wildman–Crippen MR) is 109 cm³/mol. The summed E-state index contributed by atoms with van der Waals surface area (Å²) in [7, 11) is 1.70. The average Bonchev–Trinajstić information content (AvgIpc) is 2.75. The van der Waals surface area contributed by atoms with Gasteiger partial charge in [-0.25, -0.2) is 0 Å². The lowest BCUT2D eigenvalue weighted by atomic mass is 9.99. The van der Waals surface area contributed by atoms with E-state index in [4.69, 9.17) is 4.74 Å². The van der Waals surface area contributed by atoms with Gasteiger partial charge < -0.3 is 9.64 Å². The van der Waals surface area contributed by atoms with Crippen LogP contribution in [0.2, 0.25) is 0 Å². The number of hydrogen-bond donors (Lipinski definition) is 0. The Morgan fingerprint density at radius 1 is 0.889 bits per heavy atom. The van der Waals surface area contributed by atoms with E-state index in [2.05, 4.69) is 46.2 Å². The number of hydrogen-bond acceptors (Lipinski definition) is 4. The highest BCUT2D eigenvalue weighted by molar-refractivity contribution is 5.90. The first kappa shape index (κ1) is 17.4. The van der Waals surface area contributed by atoms with Crippen molar-refractivity contribution in [1.82, 2.24) is 4.90 Å². The third-order valence-electron chi connectivity index (χ3n) is 5.34. The number of benzene rings is 3. The van der Waals surface area contributed by atoms with E-state index in [1.54, 1.807) is 7.11 Å². The van der Waals surface area contributed by atoms with E-state index in [0.717, 1.165) is 49.4 Å². The third kappa shape index (κ3) is 3.60.